The van der Waals surface area contributed by atoms with Gasteiger partial charge in [0.2, 0.25) is 0 Å². The van der Waals surface area contributed by atoms with Crippen molar-refractivity contribution in [2.75, 3.05) is 0 Å². The second-order valence-corrected chi connectivity index (χ2v) is 2.73. The zero-order chi connectivity index (χ0) is 5.98. The van der Waals surface area contributed by atoms with Gasteiger partial charge in [-0.2, -0.15) is 0 Å². The number of phenolic OH excluding ortho intramolecular Hbond substituents is 1. The molecule has 0 aromatic heterocycles. The van der Waals surface area contributed by atoms with Crippen molar-refractivity contribution in [1.29, 1.82) is 0 Å². The first-order valence-electron chi connectivity index (χ1n) is 2.23. The van der Waals surface area contributed by atoms with Gasteiger partial charge in [0, 0.05) is 29.8 Å². The van der Waals surface area contributed by atoms with Crippen LogP contribution in [-0.4, -0.2) is 5.11 Å². The Bertz CT molecular complexity index is 173. The Balaban J connectivity index is 0.000000640. The van der Waals surface area contributed by atoms with Crippen molar-refractivity contribution < 1.29 is 31.3 Å². The van der Waals surface area contributed by atoms with Crippen molar-refractivity contribution in [3.8, 4) is 5.75 Å². The van der Waals surface area contributed by atoms with E-state index in [0.717, 1.165) is 3.57 Å². The van der Waals surface area contributed by atoms with Gasteiger partial charge >= 0.3 is 0 Å². The molecular weight excluding hydrogens is 306 g/mol. The quantitative estimate of drug-likeness (QED) is 0.727. The Morgan fingerprint density at radius 1 is 1.33 bits per heavy atom. The second-order valence-electron chi connectivity index (χ2n) is 1.48. The zero-order valence-electron chi connectivity index (χ0n) is 4.63. The van der Waals surface area contributed by atoms with Crippen molar-refractivity contribution in [2.45, 2.75) is 0 Å². The fourth-order valence-electron chi connectivity index (χ4n) is 0.476. The van der Waals surface area contributed by atoms with Gasteiger partial charge in [0.25, 0.3) is 0 Å². The third kappa shape index (κ3) is 3.36. The van der Waals surface area contributed by atoms with E-state index in [2.05, 4.69) is 22.6 Å². The predicted molar refractivity (Wildman–Crippen MR) is 40.8 cm³/mol. The van der Waals surface area contributed by atoms with Crippen LogP contribution in [0.1, 0.15) is 0 Å². The molecule has 0 aliphatic carbocycles. The van der Waals surface area contributed by atoms with E-state index >= 15 is 0 Å². The fourth-order valence-corrected chi connectivity index (χ4v) is 1.00. The van der Waals surface area contributed by atoms with E-state index in [1.54, 1.807) is 12.1 Å². The maximum absolute atomic E-state index is 8.81. The summed E-state index contributed by atoms with van der Waals surface area (Å²) in [6.07, 6.45) is 0. The van der Waals surface area contributed by atoms with Crippen LogP contribution in [0.3, 0.4) is 0 Å². The van der Waals surface area contributed by atoms with Crippen LogP contribution < -0.4 is 0 Å². The van der Waals surface area contributed by atoms with Crippen LogP contribution in [0.25, 0.3) is 0 Å². The predicted octanol–water partition coefficient (Wildman–Crippen LogP) is 1.99. The van der Waals surface area contributed by atoms with Gasteiger partial charge in [-0.15, -0.1) is 0 Å². The number of halogens is 1. The number of benzene rings is 1. The average Bonchev–Trinajstić information content (AvgIpc) is 1.64. The summed E-state index contributed by atoms with van der Waals surface area (Å²) in [5, 5.41) is 8.81. The third-order valence-electron chi connectivity index (χ3n) is 0.808. The van der Waals surface area contributed by atoms with Crippen LogP contribution in [-0.2, 0) is 26.2 Å². The topological polar surface area (TPSA) is 20.2 Å². The Kier molecular flexibility index (Phi) is 4.76. The first kappa shape index (κ1) is 9.63. The van der Waals surface area contributed by atoms with E-state index in [1.807, 2.05) is 12.1 Å². The molecule has 1 N–H and O–H groups in total. The van der Waals surface area contributed by atoms with Crippen LogP contribution in [0.5, 0.6) is 5.75 Å². The molecule has 0 aliphatic heterocycles. The molecule has 0 bridgehead atoms. The summed E-state index contributed by atoms with van der Waals surface area (Å²) < 4.78 is 1.06. The normalized spacial score (nSPS) is 8.11. The summed E-state index contributed by atoms with van der Waals surface area (Å²) in [4.78, 5) is 0. The van der Waals surface area contributed by atoms with E-state index in [4.69, 9.17) is 5.11 Å². The molecule has 0 spiro atoms. The summed E-state index contributed by atoms with van der Waals surface area (Å²) in [7, 11) is 0. The molecule has 46 valence electrons. The van der Waals surface area contributed by atoms with Crippen LogP contribution in [0, 0.1) is 3.57 Å². The molecular formula is C6H5IOZr. The Hall–Kier alpha value is 0.633. The van der Waals surface area contributed by atoms with E-state index in [9.17, 15) is 0 Å². The number of aromatic hydroxyl groups is 1. The largest absolute Gasteiger partial charge is 0.508 e. The molecule has 1 aromatic rings. The number of hydrogen-bond acceptors (Lipinski definition) is 1. The summed E-state index contributed by atoms with van der Waals surface area (Å²) >= 11 is 2.15. The Morgan fingerprint density at radius 2 is 2.00 bits per heavy atom. The minimum Gasteiger partial charge on any atom is -0.508 e. The SMILES string of the molecule is Oc1cccc(I)c1.[Zr]. The number of hydrogen-bond donors (Lipinski definition) is 1. The molecule has 1 nitrogen and oxygen atoms in total. The standard InChI is InChI=1S/C6H5IO.Zr/c7-5-2-1-3-6(8)4-5;/h1-4,8H;. The van der Waals surface area contributed by atoms with Gasteiger partial charge < -0.3 is 5.11 Å². The monoisotopic (exact) mass is 310 g/mol. The van der Waals surface area contributed by atoms with Crippen LogP contribution in [0.2, 0.25) is 0 Å². The van der Waals surface area contributed by atoms with Crippen molar-refractivity contribution in [1.82, 2.24) is 0 Å². The van der Waals surface area contributed by atoms with Crippen LogP contribution in [0.4, 0.5) is 0 Å². The fraction of sp³-hybridized carbons (Fsp3) is 0. The molecule has 0 heterocycles. The van der Waals surface area contributed by atoms with E-state index in [-0.39, 0.29) is 26.2 Å². The Labute approximate surface area is 86.7 Å². The van der Waals surface area contributed by atoms with Crippen LogP contribution >= 0.6 is 22.6 Å². The van der Waals surface area contributed by atoms with Crippen molar-refractivity contribution in [2.24, 2.45) is 0 Å². The molecule has 0 atom stereocenters. The molecule has 0 unspecified atom stereocenters. The third-order valence-corrected chi connectivity index (χ3v) is 1.48. The van der Waals surface area contributed by atoms with Gasteiger partial charge in [0.05, 0.1) is 0 Å². The molecule has 1 aromatic carbocycles. The first-order valence-corrected chi connectivity index (χ1v) is 3.31. The van der Waals surface area contributed by atoms with E-state index in [0.29, 0.717) is 5.75 Å². The summed E-state index contributed by atoms with van der Waals surface area (Å²) in [5.74, 6) is 0.330. The van der Waals surface area contributed by atoms with Crippen molar-refractivity contribution >= 4 is 22.6 Å². The molecule has 0 saturated carbocycles. The van der Waals surface area contributed by atoms with Crippen LogP contribution in [0.15, 0.2) is 24.3 Å². The molecule has 0 aliphatic rings. The second kappa shape index (κ2) is 4.45. The maximum Gasteiger partial charge on any atom is 0.116 e. The van der Waals surface area contributed by atoms with Gasteiger partial charge in [0.1, 0.15) is 5.75 Å². The average molecular weight is 311 g/mol. The van der Waals surface area contributed by atoms with Gasteiger partial charge in [-0.3, -0.25) is 0 Å². The van der Waals surface area contributed by atoms with Gasteiger partial charge in [-0.05, 0) is 40.8 Å². The van der Waals surface area contributed by atoms with E-state index < -0.39 is 0 Å². The minimum absolute atomic E-state index is 0. The molecule has 0 radical (unpaired) electrons. The molecule has 0 saturated heterocycles. The zero-order valence-corrected chi connectivity index (χ0v) is 9.25. The summed E-state index contributed by atoms with van der Waals surface area (Å²) in [6.45, 7) is 0. The number of phenols is 1. The van der Waals surface area contributed by atoms with Gasteiger partial charge in [0.15, 0.2) is 0 Å². The molecule has 1 rings (SSSR count). The van der Waals surface area contributed by atoms with Crippen molar-refractivity contribution in [3.63, 3.8) is 0 Å². The molecule has 9 heavy (non-hydrogen) atoms. The Morgan fingerprint density at radius 3 is 2.33 bits per heavy atom. The summed E-state index contributed by atoms with van der Waals surface area (Å²) in [5.41, 5.74) is 0. The minimum atomic E-state index is 0. The van der Waals surface area contributed by atoms with Crippen molar-refractivity contribution in [3.05, 3.63) is 27.8 Å². The van der Waals surface area contributed by atoms with Gasteiger partial charge in [-0.25, -0.2) is 0 Å². The molecule has 3 heteroatoms. The first-order chi connectivity index (χ1) is 3.79. The van der Waals surface area contributed by atoms with Gasteiger partial charge in [-0.1, -0.05) is 6.07 Å². The molecule has 0 amide bonds. The molecule has 0 fully saturated rings. The maximum atomic E-state index is 8.81. The smallest absolute Gasteiger partial charge is 0.116 e. The summed E-state index contributed by atoms with van der Waals surface area (Å²) in [6, 6.07) is 7.11. The number of rotatable bonds is 0. The van der Waals surface area contributed by atoms with E-state index in [1.165, 1.54) is 0 Å².